The van der Waals surface area contributed by atoms with Crippen LogP contribution in [-0.4, -0.2) is 9.97 Å². The van der Waals surface area contributed by atoms with Crippen molar-refractivity contribution in [3.63, 3.8) is 0 Å². The zero-order chi connectivity index (χ0) is 23.9. The third kappa shape index (κ3) is 4.15. The smallest absolute Gasteiger partial charge is 0.213 e. The Bertz CT molecular complexity index is 1510. The summed E-state index contributed by atoms with van der Waals surface area (Å²) < 4.78 is 34.2. The molecule has 0 saturated carbocycles. The molecule has 0 spiro atoms. The van der Waals surface area contributed by atoms with Crippen LogP contribution >= 0.6 is 11.6 Å². The predicted octanol–water partition coefficient (Wildman–Crippen LogP) is 5.84. The molecule has 0 aliphatic heterocycles. The third-order valence-electron chi connectivity index (χ3n) is 5.22. The Balaban J connectivity index is 1.92. The third-order valence-corrected chi connectivity index (χ3v) is 5.44. The number of hydrogen-bond donors (Lipinski definition) is 1. The molecule has 1 N–H and O–H groups in total. The Kier molecular flexibility index (Phi) is 5.83. The lowest BCUT2D eigenvalue weighted by molar-refractivity contribution is 0.546. The van der Waals surface area contributed by atoms with Crippen LogP contribution in [0.3, 0.4) is 0 Å². The van der Waals surface area contributed by atoms with E-state index in [0.29, 0.717) is 16.6 Å². The zero-order valence-electron chi connectivity index (χ0n) is 17.8. The second-order valence-electron chi connectivity index (χ2n) is 7.59. The zero-order valence-corrected chi connectivity index (χ0v) is 18.6. The molecule has 166 valence electrons. The van der Waals surface area contributed by atoms with Crippen LogP contribution in [0.15, 0.2) is 45.6 Å². The number of pyridine rings is 2. The molecule has 6 nitrogen and oxygen atoms in total. The molecule has 3 heterocycles. The summed E-state index contributed by atoms with van der Waals surface area (Å²) >= 11 is 5.88. The minimum Gasteiger partial charge on any atom is -0.453 e. The average Bonchev–Trinajstić information content (AvgIpc) is 2.79. The minimum absolute atomic E-state index is 0.107. The van der Waals surface area contributed by atoms with Gasteiger partial charge in [0, 0.05) is 11.1 Å². The van der Waals surface area contributed by atoms with Crippen molar-refractivity contribution in [2.45, 2.75) is 26.8 Å². The summed E-state index contributed by atoms with van der Waals surface area (Å²) in [6, 6.07) is 10.0. The number of aryl methyl sites for hydroxylation is 1. The van der Waals surface area contributed by atoms with Crippen molar-refractivity contribution in [2.75, 3.05) is 5.32 Å². The van der Waals surface area contributed by atoms with E-state index in [1.165, 1.54) is 6.92 Å². The first-order valence-corrected chi connectivity index (χ1v) is 10.3. The van der Waals surface area contributed by atoms with Crippen LogP contribution in [0.5, 0.6) is 0 Å². The van der Waals surface area contributed by atoms with E-state index in [1.54, 1.807) is 18.2 Å². The second-order valence-corrected chi connectivity index (χ2v) is 7.98. The fourth-order valence-electron chi connectivity index (χ4n) is 3.64. The van der Waals surface area contributed by atoms with E-state index in [-0.39, 0.29) is 38.9 Å². The van der Waals surface area contributed by atoms with Gasteiger partial charge in [0.2, 0.25) is 5.95 Å². The lowest BCUT2D eigenvalue weighted by atomic mass is 9.99. The number of nitriles is 1. The molecular weight excluding hydrogens is 450 g/mol. The summed E-state index contributed by atoms with van der Waals surface area (Å²) in [5.74, 6) is -1.85. The van der Waals surface area contributed by atoms with Crippen LogP contribution in [0, 0.1) is 36.9 Å². The first-order valence-electron chi connectivity index (χ1n) is 9.93. The highest BCUT2D eigenvalue weighted by Crippen LogP contribution is 2.33. The summed E-state index contributed by atoms with van der Waals surface area (Å²) in [6.07, 6.45) is 0. The molecule has 4 aromatic rings. The summed E-state index contributed by atoms with van der Waals surface area (Å²) in [5, 5.41) is 13.0. The van der Waals surface area contributed by atoms with Crippen LogP contribution in [0.25, 0.3) is 22.4 Å². The van der Waals surface area contributed by atoms with Gasteiger partial charge in [-0.1, -0.05) is 17.7 Å². The number of anilines is 1. The molecule has 33 heavy (non-hydrogen) atoms. The Morgan fingerprint density at radius 3 is 2.64 bits per heavy atom. The Morgan fingerprint density at radius 1 is 1.15 bits per heavy atom. The highest BCUT2D eigenvalue weighted by molar-refractivity contribution is 6.29. The molecule has 0 radical (unpaired) electrons. The van der Waals surface area contributed by atoms with Crippen LogP contribution in [0.2, 0.25) is 5.15 Å². The average molecular weight is 467 g/mol. The molecule has 0 amide bonds. The van der Waals surface area contributed by atoms with Gasteiger partial charge in [-0.15, -0.1) is 0 Å². The highest BCUT2D eigenvalue weighted by Gasteiger charge is 2.22. The molecule has 4 rings (SSSR count). The lowest BCUT2D eigenvalue weighted by Gasteiger charge is -2.19. The molecule has 0 bridgehead atoms. The number of aromatic nitrogens is 2. The number of hydrogen-bond acceptors (Lipinski definition) is 6. The number of fused-ring (bicyclic) bond motifs is 1. The summed E-state index contributed by atoms with van der Waals surface area (Å²) in [6.45, 7) is 5.12. The lowest BCUT2D eigenvalue weighted by Crippen LogP contribution is -2.13. The first kappa shape index (κ1) is 22.4. The van der Waals surface area contributed by atoms with Crippen molar-refractivity contribution in [1.82, 2.24) is 9.97 Å². The van der Waals surface area contributed by atoms with Crippen molar-refractivity contribution in [2.24, 2.45) is 0 Å². The van der Waals surface area contributed by atoms with Gasteiger partial charge in [0.1, 0.15) is 22.5 Å². The van der Waals surface area contributed by atoms with E-state index >= 15 is 0 Å². The molecule has 3 aromatic heterocycles. The molecule has 0 saturated heterocycles. The van der Waals surface area contributed by atoms with Gasteiger partial charge >= 0.3 is 0 Å². The predicted molar refractivity (Wildman–Crippen MR) is 121 cm³/mol. The first-order chi connectivity index (χ1) is 15.7. The number of benzene rings is 1. The van der Waals surface area contributed by atoms with Crippen LogP contribution in [-0.2, 0) is 0 Å². The Labute approximate surface area is 192 Å². The van der Waals surface area contributed by atoms with Gasteiger partial charge in [0.15, 0.2) is 22.7 Å². The molecule has 1 unspecified atom stereocenters. The van der Waals surface area contributed by atoms with Crippen LogP contribution in [0.4, 0.5) is 14.5 Å². The highest BCUT2D eigenvalue weighted by atomic mass is 35.5. The number of nitrogens with zero attached hydrogens (tertiary/aromatic N) is 3. The van der Waals surface area contributed by atoms with Crippen LogP contribution in [0.1, 0.15) is 35.3 Å². The fourth-order valence-corrected chi connectivity index (χ4v) is 3.79. The van der Waals surface area contributed by atoms with Crippen molar-refractivity contribution in [3.8, 4) is 17.5 Å². The van der Waals surface area contributed by atoms with E-state index in [2.05, 4.69) is 15.3 Å². The maximum Gasteiger partial charge on any atom is 0.213 e. The van der Waals surface area contributed by atoms with Gasteiger partial charge in [-0.25, -0.2) is 14.4 Å². The van der Waals surface area contributed by atoms with E-state index in [9.17, 15) is 18.8 Å². The van der Waals surface area contributed by atoms with E-state index in [0.717, 1.165) is 17.7 Å². The van der Waals surface area contributed by atoms with Crippen molar-refractivity contribution >= 4 is 28.3 Å². The van der Waals surface area contributed by atoms with E-state index in [4.69, 9.17) is 16.0 Å². The topological polar surface area (TPSA) is 91.8 Å². The quantitative estimate of drug-likeness (QED) is 0.380. The maximum absolute atomic E-state index is 14.4. The molecular formula is C24H17ClF2N4O2. The fraction of sp³-hybridized carbons (Fsp3) is 0.167. The molecule has 9 heteroatoms. The van der Waals surface area contributed by atoms with Gasteiger partial charge in [0.25, 0.3) is 0 Å². The molecule has 1 aromatic carbocycles. The van der Waals surface area contributed by atoms with Crippen molar-refractivity contribution < 1.29 is 13.2 Å². The SMILES string of the molecule is Cc1cc(C(C)Nc2ccc(Cl)nc2C#N)c2oc(-c3nc(F)ccc3F)c(C)c(=O)c2c1. The molecule has 0 fully saturated rings. The largest absolute Gasteiger partial charge is 0.453 e. The van der Waals surface area contributed by atoms with Crippen LogP contribution < -0.4 is 10.7 Å². The maximum atomic E-state index is 14.4. The van der Waals surface area contributed by atoms with Gasteiger partial charge in [-0.3, -0.25) is 4.79 Å². The molecule has 0 aliphatic rings. The molecule has 0 aliphatic carbocycles. The number of rotatable bonds is 4. The second kappa shape index (κ2) is 8.60. The van der Waals surface area contributed by atoms with Crippen molar-refractivity contribution in [3.05, 3.63) is 85.9 Å². The number of halogens is 3. The normalized spacial score (nSPS) is 11.9. The summed E-state index contributed by atoms with van der Waals surface area (Å²) in [7, 11) is 0. The van der Waals surface area contributed by atoms with E-state index < -0.39 is 17.8 Å². The summed E-state index contributed by atoms with van der Waals surface area (Å²) in [4.78, 5) is 20.7. The minimum atomic E-state index is -0.896. The van der Waals surface area contributed by atoms with E-state index in [1.807, 2.05) is 26.0 Å². The summed E-state index contributed by atoms with van der Waals surface area (Å²) in [5.41, 5.74) is 1.50. The van der Waals surface area contributed by atoms with Crippen molar-refractivity contribution in [1.29, 1.82) is 5.26 Å². The van der Waals surface area contributed by atoms with Gasteiger partial charge in [0.05, 0.1) is 17.1 Å². The molecule has 1 atom stereocenters. The van der Waals surface area contributed by atoms with Gasteiger partial charge < -0.3 is 9.73 Å². The number of nitrogens with one attached hydrogen (secondary N) is 1. The van der Waals surface area contributed by atoms with Gasteiger partial charge in [-0.2, -0.15) is 9.65 Å². The monoisotopic (exact) mass is 466 g/mol. The Morgan fingerprint density at radius 2 is 1.91 bits per heavy atom. The van der Waals surface area contributed by atoms with Gasteiger partial charge in [-0.05, 0) is 56.7 Å². The standard InChI is InChI=1S/C24H17ClF2N4O2/c1-11-8-14(13(3)29-17-5-6-19(25)30-18(17)10-28)24-15(9-11)22(32)12(2)23(33-24)21-16(26)4-7-20(27)31-21/h4-9,13,29H,1-3H3. The Hall–Kier alpha value is -3.83.